The summed E-state index contributed by atoms with van der Waals surface area (Å²) in [6, 6.07) is 0. The van der Waals surface area contributed by atoms with Gasteiger partial charge in [-0.3, -0.25) is 4.79 Å². The van der Waals surface area contributed by atoms with Crippen LogP contribution in [0, 0.1) is 0 Å². The zero-order chi connectivity index (χ0) is 10.8. The molecule has 0 saturated carbocycles. The van der Waals surface area contributed by atoms with Gasteiger partial charge in [0, 0.05) is 6.42 Å². The molecule has 1 rings (SSSR count). The lowest BCUT2D eigenvalue weighted by Crippen LogP contribution is -2.04. The van der Waals surface area contributed by atoms with E-state index in [-0.39, 0.29) is 5.97 Å². The Kier molecular flexibility index (Phi) is 6.97. The fourth-order valence-electron chi connectivity index (χ4n) is 1.81. The summed E-state index contributed by atoms with van der Waals surface area (Å²) < 4.78 is 5.06. The average Bonchev–Trinajstić information content (AvgIpc) is 2.24. The fraction of sp³-hybridized carbons (Fsp3) is 0.769. The highest BCUT2D eigenvalue weighted by atomic mass is 16.5. The molecule has 0 saturated heterocycles. The predicted molar refractivity (Wildman–Crippen MR) is 61.7 cm³/mol. The Balaban J connectivity index is 2.22. The molecule has 0 aromatic heterocycles. The van der Waals surface area contributed by atoms with Gasteiger partial charge in [0.05, 0.1) is 0 Å². The molecular weight excluding hydrogens is 188 g/mol. The van der Waals surface area contributed by atoms with Crippen molar-refractivity contribution in [1.29, 1.82) is 0 Å². The number of carbonyl (C=O) groups excluding carboxylic acids is 1. The number of hydrogen-bond donors (Lipinski definition) is 0. The molecule has 0 aromatic rings. The average molecular weight is 210 g/mol. The topological polar surface area (TPSA) is 26.3 Å². The highest BCUT2D eigenvalue weighted by Gasteiger charge is 2.01. The quantitative estimate of drug-likeness (QED) is 0.451. The Hall–Kier alpha value is -0.790. The minimum absolute atomic E-state index is 0.0447. The van der Waals surface area contributed by atoms with Gasteiger partial charge in [-0.1, -0.05) is 44.3 Å². The van der Waals surface area contributed by atoms with Crippen LogP contribution in [0.25, 0.3) is 0 Å². The van der Waals surface area contributed by atoms with Crippen molar-refractivity contribution in [2.75, 3.05) is 6.61 Å². The Morgan fingerprint density at radius 3 is 2.33 bits per heavy atom. The molecule has 1 heterocycles. The van der Waals surface area contributed by atoms with Crippen molar-refractivity contribution in [3.8, 4) is 0 Å². The zero-order valence-corrected chi connectivity index (χ0v) is 9.54. The number of carbonyl (C=O) groups is 1. The maximum Gasteiger partial charge on any atom is 0.306 e. The van der Waals surface area contributed by atoms with Crippen LogP contribution in [0.3, 0.4) is 0 Å². The number of hydrogen-bond acceptors (Lipinski definition) is 2. The van der Waals surface area contributed by atoms with E-state index in [0.717, 1.165) is 12.8 Å². The van der Waals surface area contributed by atoms with E-state index in [9.17, 15) is 4.79 Å². The van der Waals surface area contributed by atoms with Crippen LogP contribution in [0.1, 0.15) is 57.8 Å². The van der Waals surface area contributed by atoms with Crippen molar-refractivity contribution in [3.63, 3.8) is 0 Å². The van der Waals surface area contributed by atoms with Gasteiger partial charge in [0.15, 0.2) is 0 Å². The fourth-order valence-corrected chi connectivity index (χ4v) is 1.81. The highest BCUT2D eigenvalue weighted by Crippen LogP contribution is 2.10. The Morgan fingerprint density at radius 1 is 0.867 bits per heavy atom. The molecule has 0 radical (unpaired) electrons. The second kappa shape index (κ2) is 8.51. The molecule has 0 fully saturated rings. The van der Waals surface area contributed by atoms with E-state index in [1.165, 1.54) is 38.5 Å². The highest BCUT2D eigenvalue weighted by molar-refractivity contribution is 5.69. The van der Waals surface area contributed by atoms with E-state index in [0.29, 0.717) is 13.0 Å². The molecule has 1 aliphatic heterocycles. The largest absolute Gasteiger partial charge is 0.461 e. The SMILES string of the molecule is O=C1CCCCCCCCC/C=C/CO1. The first-order valence-electron chi connectivity index (χ1n) is 6.20. The summed E-state index contributed by atoms with van der Waals surface area (Å²) in [5, 5.41) is 0. The molecule has 0 aliphatic carbocycles. The van der Waals surface area contributed by atoms with Crippen LogP contribution in [0.2, 0.25) is 0 Å². The zero-order valence-electron chi connectivity index (χ0n) is 9.54. The summed E-state index contributed by atoms with van der Waals surface area (Å²) in [5.41, 5.74) is 0. The molecule has 0 spiro atoms. The van der Waals surface area contributed by atoms with Crippen LogP contribution < -0.4 is 0 Å². The van der Waals surface area contributed by atoms with Crippen molar-refractivity contribution in [3.05, 3.63) is 12.2 Å². The van der Waals surface area contributed by atoms with Gasteiger partial charge in [0.25, 0.3) is 0 Å². The lowest BCUT2D eigenvalue weighted by molar-refractivity contribution is -0.142. The molecule has 0 amide bonds. The van der Waals surface area contributed by atoms with Crippen LogP contribution >= 0.6 is 0 Å². The van der Waals surface area contributed by atoms with Gasteiger partial charge in [-0.05, 0) is 19.3 Å². The molecule has 0 aromatic carbocycles. The second-order valence-electron chi connectivity index (χ2n) is 4.17. The first-order chi connectivity index (χ1) is 7.39. The van der Waals surface area contributed by atoms with Crippen molar-refractivity contribution in [2.24, 2.45) is 0 Å². The van der Waals surface area contributed by atoms with Gasteiger partial charge in [-0.25, -0.2) is 0 Å². The third kappa shape index (κ3) is 7.18. The van der Waals surface area contributed by atoms with Crippen LogP contribution in [0.15, 0.2) is 12.2 Å². The second-order valence-corrected chi connectivity index (χ2v) is 4.17. The third-order valence-electron chi connectivity index (χ3n) is 2.76. The minimum Gasteiger partial charge on any atom is -0.461 e. The maximum atomic E-state index is 11.2. The maximum absolute atomic E-state index is 11.2. The summed E-state index contributed by atoms with van der Waals surface area (Å²) in [5.74, 6) is -0.0447. The number of ether oxygens (including phenoxy) is 1. The standard InChI is InChI=1S/C13H22O2/c14-13-11-9-7-5-3-1-2-4-6-8-10-12-15-13/h8,10H,1-7,9,11-12H2/b10-8+. The molecule has 1 aliphatic rings. The van der Waals surface area contributed by atoms with E-state index in [4.69, 9.17) is 4.74 Å². The number of allylic oxidation sites excluding steroid dienone is 1. The van der Waals surface area contributed by atoms with E-state index < -0.39 is 0 Å². The van der Waals surface area contributed by atoms with Crippen LogP contribution in [-0.4, -0.2) is 12.6 Å². The summed E-state index contributed by atoms with van der Waals surface area (Å²) in [6.45, 7) is 0.457. The monoisotopic (exact) mass is 210 g/mol. The van der Waals surface area contributed by atoms with E-state index >= 15 is 0 Å². The normalized spacial score (nSPS) is 23.9. The van der Waals surface area contributed by atoms with Crippen LogP contribution in [0.4, 0.5) is 0 Å². The van der Waals surface area contributed by atoms with Crippen LogP contribution in [-0.2, 0) is 9.53 Å². The number of cyclic esters (lactones) is 1. The summed E-state index contributed by atoms with van der Waals surface area (Å²) in [7, 11) is 0. The first kappa shape index (κ1) is 12.3. The summed E-state index contributed by atoms with van der Waals surface area (Å²) in [6.07, 6.45) is 14.5. The van der Waals surface area contributed by atoms with Crippen molar-refractivity contribution < 1.29 is 9.53 Å². The number of esters is 1. The Morgan fingerprint density at radius 2 is 1.53 bits per heavy atom. The molecule has 15 heavy (non-hydrogen) atoms. The molecular formula is C13H22O2. The molecule has 86 valence electrons. The van der Waals surface area contributed by atoms with Crippen LogP contribution in [0.5, 0.6) is 0 Å². The summed E-state index contributed by atoms with van der Waals surface area (Å²) in [4.78, 5) is 11.2. The minimum atomic E-state index is -0.0447. The molecule has 2 nitrogen and oxygen atoms in total. The van der Waals surface area contributed by atoms with Gasteiger partial charge < -0.3 is 4.74 Å². The van der Waals surface area contributed by atoms with E-state index in [1.54, 1.807) is 0 Å². The van der Waals surface area contributed by atoms with Crippen molar-refractivity contribution in [1.82, 2.24) is 0 Å². The molecule has 0 bridgehead atoms. The first-order valence-corrected chi connectivity index (χ1v) is 6.20. The Bertz CT molecular complexity index is 197. The molecule has 0 unspecified atom stereocenters. The van der Waals surface area contributed by atoms with E-state index in [2.05, 4.69) is 6.08 Å². The summed E-state index contributed by atoms with van der Waals surface area (Å²) >= 11 is 0. The molecule has 0 N–H and O–H groups in total. The van der Waals surface area contributed by atoms with Gasteiger partial charge in [-0.2, -0.15) is 0 Å². The van der Waals surface area contributed by atoms with Crippen molar-refractivity contribution >= 4 is 5.97 Å². The Labute approximate surface area is 92.7 Å². The molecule has 0 atom stereocenters. The number of rotatable bonds is 0. The third-order valence-corrected chi connectivity index (χ3v) is 2.76. The van der Waals surface area contributed by atoms with Gasteiger partial charge >= 0.3 is 5.97 Å². The van der Waals surface area contributed by atoms with Gasteiger partial charge in [-0.15, -0.1) is 0 Å². The lowest BCUT2D eigenvalue weighted by atomic mass is 10.1. The predicted octanol–water partition coefficient (Wildman–Crippen LogP) is 3.61. The van der Waals surface area contributed by atoms with Crippen molar-refractivity contribution in [2.45, 2.75) is 57.8 Å². The van der Waals surface area contributed by atoms with Gasteiger partial charge in [0.2, 0.25) is 0 Å². The lowest BCUT2D eigenvalue weighted by Gasteiger charge is -2.04. The smallest absolute Gasteiger partial charge is 0.306 e. The molecule has 2 heteroatoms. The van der Waals surface area contributed by atoms with Gasteiger partial charge in [0.1, 0.15) is 6.61 Å². The van der Waals surface area contributed by atoms with E-state index in [1.807, 2.05) is 6.08 Å².